The number of nitrogens with zero attached hydrogens (tertiary/aromatic N) is 1. The van der Waals surface area contributed by atoms with Crippen molar-refractivity contribution in [3.8, 4) is 22.3 Å². The normalized spacial score (nSPS) is 11.5. The molecule has 46 heavy (non-hydrogen) atoms. The molecule has 0 spiro atoms. The molecule has 9 aromatic rings. The second-order valence-electron chi connectivity index (χ2n) is 11.8. The molecule has 0 N–H and O–H groups in total. The lowest BCUT2D eigenvalue weighted by molar-refractivity contribution is 1.30. The topological polar surface area (TPSA) is 3.24 Å². The summed E-state index contributed by atoms with van der Waals surface area (Å²) in [5, 5.41) is 7.69. The van der Waals surface area contributed by atoms with Crippen LogP contribution in [0.3, 0.4) is 0 Å². The lowest BCUT2D eigenvalue weighted by Gasteiger charge is -2.28. The third kappa shape index (κ3) is 4.54. The van der Waals surface area contributed by atoms with Crippen LogP contribution in [0.15, 0.2) is 176 Å². The average molecular weight is 604 g/mol. The monoisotopic (exact) mass is 603 g/mol. The molecule has 1 aromatic heterocycles. The van der Waals surface area contributed by atoms with Crippen LogP contribution in [0.5, 0.6) is 0 Å². The third-order valence-corrected chi connectivity index (χ3v) is 10.2. The predicted molar refractivity (Wildman–Crippen MR) is 200 cm³/mol. The fourth-order valence-electron chi connectivity index (χ4n) is 6.79. The summed E-state index contributed by atoms with van der Waals surface area (Å²) in [6, 6.07) is 63.9. The lowest BCUT2D eigenvalue weighted by atomic mass is 9.97. The molecule has 0 bridgehead atoms. The van der Waals surface area contributed by atoms with E-state index >= 15 is 0 Å². The van der Waals surface area contributed by atoms with Gasteiger partial charge < -0.3 is 4.90 Å². The van der Waals surface area contributed by atoms with Crippen LogP contribution in [-0.4, -0.2) is 0 Å². The predicted octanol–water partition coefficient (Wildman–Crippen LogP) is 13.2. The van der Waals surface area contributed by atoms with E-state index in [2.05, 4.69) is 181 Å². The first-order valence-corrected chi connectivity index (χ1v) is 16.5. The molecule has 0 unspecified atom stereocenters. The summed E-state index contributed by atoms with van der Waals surface area (Å²) in [5.41, 5.74) is 8.27. The largest absolute Gasteiger partial charge is 0.310 e. The van der Waals surface area contributed by atoms with E-state index in [0.717, 1.165) is 11.4 Å². The summed E-state index contributed by atoms with van der Waals surface area (Å²) in [6.07, 6.45) is 0. The Hall–Kier alpha value is -5.70. The van der Waals surface area contributed by atoms with Gasteiger partial charge in [-0.1, -0.05) is 127 Å². The molecule has 1 nitrogen and oxygen atoms in total. The van der Waals surface area contributed by atoms with E-state index in [4.69, 9.17) is 0 Å². The zero-order chi connectivity index (χ0) is 30.5. The molecule has 0 aliphatic carbocycles. The van der Waals surface area contributed by atoms with Crippen molar-refractivity contribution >= 4 is 70.1 Å². The van der Waals surface area contributed by atoms with Crippen molar-refractivity contribution in [3.63, 3.8) is 0 Å². The fraction of sp³-hybridized carbons (Fsp3) is 0. The van der Waals surface area contributed by atoms with E-state index in [1.807, 2.05) is 11.3 Å². The van der Waals surface area contributed by atoms with Gasteiger partial charge in [0.1, 0.15) is 0 Å². The smallest absolute Gasteiger partial charge is 0.0546 e. The number of hydrogen-bond acceptors (Lipinski definition) is 2. The van der Waals surface area contributed by atoms with Gasteiger partial charge in [-0.2, -0.15) is 0 Å². The minimum atomic E-state index is 1.12. The van der Waals surface area contributed by atoms with Gasteiger partial charge in [-0.05, 0) is 86.9 Å². The van der Waals surface area contributed by atoms with Crippen molar-refractivity contribution in [2.24, 2.45) is 0 Å². The molecular weight excluding hydrogens is 575 g/mol. The van der Waals surface area contributed by atoms with E-state index in [0.29, 0.717) is 0 Å². The quantitative estimate of drug-likeness (QED) is 0.177. The lowest BCUT2D eigenvalue weighted by Crippen LogP contribution is -2.10. The maximum atomic E-state index is 2.42. The molecule has 0 radical (unpaired) electrons. The van der Waals surface area contributed by atoms with E-state index in [-0.39, 0.29) is 0 Å². The van der Waals surface area contributed by atoms with Crippen LogP contribution in [0.2, 0.25) is 0 Å². The third-order valence-electron chi connectivity index (χ3n) is 9.04. The van der Waals surface area contributed by atoms with Gasteiger partial charge in [-0.3, -0.25) is 0 Å². The molecule has 216 valence electrons. The van der Waals surface area contributed by atoms with Gasteiger partial charge in [0.15, 0.2) is 0 Å². The summed E-state index contributed by atoms with van der Waals surface area (Å²) in [7, 11) is 0. The Labute approximate surface area is 272 Å². The van der Waals surface area contributed by atoms with Gasteiger partial charge in [0.05, 0.1) is 5.69 Å². The van der Waals surface area contributed by atoms with Crippen LogP contribution in [0.4, 0.5) is 17.1 Å². The Morgan fingerprint density at radius 3 is 1.57 bits per heavy atom. The van der Waals surface area contributed by atoms with Gasteiger partial charge >= 0.3 is 0 Å². The Kier molecular flexibility index (Phi) is 6.40. The first kappa shape index (κ1) is 26.7. The van der Waals surface area contributed by atoms with Crippen LogP contribution in [0.1, 0.15) is 0 Å². The Morgan fingerprint density at radius 1 is 0.348 bits per heavy atom. The maximum absolute atomic E-state index is 2.42. The van der Waals surface area contributed by atoms with Crippen molar-refractivity contribution < 1.29 is 0 Å². The summed E-state index contributed by atoms with van der Waals surface area (Å²) in [5.74, 6) is 0. The highest BCUT2D eigenvalue weighted by atomic mass is 32.1. The highest BCUT2D eigenvalue weighted by Gasteiger charge is 2.18. The van der Waals surface area contributed by atoms with Gasteiger partial charge in [0.2, 0.25) is 0 Å². The summed E-state index contributed by atoms with van der Waals surface area (Å²) in [4.78, 5) is 2.42. The van der Waals surface area contributed by atoms with Gasteiger partial charge in [0.25, 0.3) is 0 Å². The summed E-state index contributed by atoms with van der Waals surface area (Å²) >= 11 is 1.88. The maximum Gasteiger partial charge on any atom is 0.0546 e. The van der Waals surface area contributed by atoms with Gasteiger partial charge in [-0.15, -0.1) is 11.3 Å². The van der Waals surface area contributed by atoms with E-state index in [1.54, 1.807) is 0 Å². The number of fused-ring (bicyclic) bond motifs is 6. The van der Waals surface area contributed by atoms with E-state index in [9.17, 15) is 0 Å². The van der Waals surface area contributed by atoms with E-state index < -0.39 is 0 Å². The van der Waals surface area contributed by atoms with Crippen molar-refractivity contribution in [2.75, 3.05) is 4.90 Å². The van der Waals surface area contributed by atoms with Crippen molar-refractivity contribution in [1.29, 1.82) is 0 Å². The standard InChI is InChI=1S/C44H29NS/c1-3-10-30(11-4-1)32-20-24-36(25-21-32)45(37-26-22-33(23-27-37)31-12-5-2-6-13-31)41-16-9-14-34-18-19-35-28-40-38-15-7-8-17-42(38)46-43(40)29-39(35)44(34)41/h1-29H. The number of benzene rings is 8. The molecule has 0 atom stereocenters. The number of rotatable bonds is 5. The summed E-state index contributed by atoms with van der Waals surface area (Å²) < 4.78 is 2.65. The van der Waals surface area contributed by atoms with Gasteiger partial charge in [-0.25, -0.2) is 0 Å². The highest BCUT2D eigenvalue weighted by molar-refractivity contribution is 7.25. The first-order chi connectivity index (χ1) is 22.8. The SMILES string of the molecule is c1ccc(-c2ccc(N(c3ccc(-c4ccccc4)cc3)c3cccc4ccc5cc6c(cc5c34)sc3ccccc36)cc2)cc1. The number of thiophene rings is 1. The number of anilines is 3. The fourth-order valence-corrected chi connectivity index (χ4v) is 7.92. The van der Waals surface area contributed by atoms with Crippen LogP contribution in [0.25, 0.3) is 64.0 Å². The Balaban J connectivity index is 1.27. The molecule has 1 heterocycles. The Bertz CT molecular complexity index is 2410. The first-order valence-electron chi connectivity index (χ1n) is 15.7. The zero-order valence-electron chi connectivity index (χ0n) is 25.1. The average Bonchev–Trinajstić information content (AvgIpc) is 3.49. The molecule has 0 saturated carbocycles. The minimum Gasteiger partial charge on any atom is -0.310 e. The van der Waals surface area contributed by atoms with Crippen LogP contribution < -0.4 is 4.90 Å². The molecule has 0 aliphatic heterocycles. The molecule has 0 saturated heterocycles. The van der Waals surface area contributed by atoms with Crippen molar-refractivity contribution in [3.05, 3.63) is 176 Å². The molecule has 2 heteroatoms. The molecule has 8 aromatic carbocycles. The molecule has 0 fully saturated rings. The van der Waals surface area contributed by atoms with Crippen LogP contribution in [0, 0.1) is 0 Å². The second kappa shape index (κ2) is 11.0. The highest BCUT2D eigenvalue weighted by Crippen LogP contribution is 2.44. The minimum absolute atomic E-state index is 1.12. The second-order valence-corrected chi connectivity index (χ2v) is 12.9. The Morgan fingerprint density at radius 2 is 0.913 bits per heavy atom. The molecular formula is C44H29NS. The van der Waals surface area contributed by atoms with Gasteiger partial charge in [0, 0.05) is 36.9 Å². The molecule has 0 aliphatic rings. The van der Waals surface area contributed by atoms with E-state index in [1.165, 1.54) is 69.7 Å². The zero-order valence-corrected chi connectivity index (χ0v) is 25.9. The van der Waals surface area contributed by atoms with Crippen molar-refractivity contribution in [1.82, 2.24) is 0 Å². The van der Waals surface area contributed by atoms with Crippen molar-refractivity contribution in [2.45, 2.75) is 0 Å². The van der Waals surface area contributed by atoms with Crippen LogP contribution in [-0.2, 0) is 0 Å². The summed E-state index contributed by atoms with van der Waals surface area (Å²) in [6.45, 7) is 0. The number of hydrogen-bond donors (Lipinski definition) is 0. The molecule has 0 amide bonds. The van der Waals surface area contributed by atoms with Crippen LogP contribution >= 0.6 is 11.3 Å². The molecule has 9 rings (SSSR count).